The number of nitrogens with one attached hydrogen (secondary N) is 2. The molecule has 8 heteroatoms. The van der Waals surface area contributed by atoms with Gasteiger partial charge in [0.25, 0.3) is 0 Å². The minimum absolute atomic E-state index is 0.181. The van der Waals surface area contributed by atoms with Crippen molar-refractivity contribution in [3.8, 4) is 11.1 Å². The van der Waals surface area contributed by atoms with Crippen LogP contribution in [0.2, 0.25) is 0 Å². The van der Waals surface area contributed by atoms with Gasteiger partial charge < -0.3 is 5.32 Å². The Bertz CT molecular complexity index is 853. The monoisotopic (exact) mass is 398 g/mol. The summed E-state index contributed by atoms with van der Waals surface area (Å²) < 4.78 is 63.5. The van der Waals surface area contributed by atoms with E-state index in [-0.39, 0.29) is 5.92 Å². The van der Waals surface area contributed by atoms with Crippen molar-refractivity contribution >= 4 is 10.0 Å². The number of benzene rings is 2. The number of rotatable bonds is 5. The molecule has 0 aromatic heterocycles. The first-order valence-corrected chi connectivity index (χ1v) is 10.3. The zero-order chi connectivity index (χ0) is 19.5. The number of sulfonamides is 1. The van der Waals surface area contributed by atoms with Crippen LogP contribution < -0.4 is 10.0 Å². The average Bonchev–Trinajstić information content (AvgIpc) is 2.61. The maximum Gasteiger partial charge on any atom is 0.404 e. The van der Waals surface area contributed by atoms with Gasteiger partial charge in [0.15, 0.2) is 5.75 Å². The molecule has 2 aromatic rings. The van der Waals surface area contributed by atoms with Gasteiger partial charge in [0.2, 0.25) is 10.0 Å². The molecule has 146 valence electrons. The van der Waals surface area contributed by atoms with E-state index in [1.807, 2.05) is 54.6 Å². The number of alkyl halides is 3. The standard InChI is InChI=1S/C19H21F3N2O2S/c20-19(21,22)13-27(25,26)24-18-12-23-11-10-17(18)16-8-6-15(7-9-16)14-4-2-1-3-5-14/h1-9,17-18,23-24H,10-13H2/t17-,18+/m0/s1. The minimum Gasteiger partial charge on any atom is -0.315 e. The highest BCUT2D eigenvalue weighted by molar-refractivity contribution is 7.89. The Morgan fingerprint density at radius 2 is 1.63 bits per heavy atom. The second kappa shape index (κ2) is 8.00. The van der Waals surface area contributed by atoms with Crippen LogP contribution in [-0.2, 0) is 10.0 Å². The molecule has 2 N–H and O–H groups in total. The fraction of sp³-hybridized carbons (Fsp3) is 0.368. The van der Waals surface area contributed by atoms with E-state index in [2.05, 4.69) is 10.0 Å². The highest BCUT2D eigenvalue weighted by atomic mass is 32.2. The van der Waals surface area contributed by atoms with E-state index < -0.39 is 28.0 Å². The SMILES string of the molecule is O=S(=O)(CC(F)(F)F)N[C@@H]1CNCC[C@H]1c1ccc(-c2ccccc2)cc1. The molecule has 27 heavy (non-hydrogen) atoms. The molecule has 1 aliphatic rings. The molecule has 0 amide bonds. The summed E-state index contributed by atoms with van der Waals surface area (Å²) in [5.41, 5.74) is 3.01. The normalized spacial score (nSPS) is 21.1. The first kappa shape index (κ1) is 19.9. The largest absolute Gasteiger partial charge is 0.404 e. The second-order valence-electron chi connectivity index (χ2n) is 6.69. The molecule has 4 nitrogen and oxygen atoms in total. The van der Waals surface area contributed by atoms with Crippen LogP contribution in [0.15, 0.2) is 54.6 Å². The van der Waals surface area contributed by atoms with Crippen LogP contribution in [0, 0.1) is 0 Å². The first-order chi connectivity index (χ1) is 12.7. The van der Waals surface area contributed by atoms with Crippen molar-refractivity contribution in [2.75, 3.05) is 18.8 Å². The summed E-state index contributed by atoms with van der Waals surface area (Å²) in [5.74, 6) is -2.05. The number of piperidine rings is 1. The summed E-state index contributed by atoms with van der Waals surface area (Å²) in [5, 5.41) is 3.05. The van der Waals surface area contributed by atoms with Crippen LogP contribution in [0.5, 0.6) is 0 Å². The molecule has 1 fully saturated rings. The Balaban J connectivity index is 1.77. The predicted molar refractivity (Wildman–Crippen MR) is 98.9 cm³/mol. The Morgan fingerprint density at radius 3 is 2.26 bits per heavy atom. The summed E-state index contributed by atoms with van der Waals surface area (Å²) in [7, 11) is -4.45. The number of halogens is 3. The van der Waals surface area contributed by atoms with Crippen molar-refractivity contribution in [1.82, 2.24) is 10.0 Å². The van der Waals surface area contributed by atoms with Gasteiger partial charge in [-0.25, -0.2) is 13.1 Å². The Kier molecular flexibility index (Phi) is 5.88. The molecule has 0 bridgehead atoms. The van der Waals surface area contributed by atoms with Crippen molar-refractivity contribution in [2.45, 2.75) is 24.6 Å². The zero-order valence-corrected chi connectivity index (χ0v) is 15.4. The van der Waals surface area contributed by atoms with E-state index in [1.54, 1.807) is 0 Å². The van der Waals surface area contributed by atoms with Crippen molar-refractivity contribution in [3.63, 3.8) is 0 Å². The Morgan fingerprint density at radius 1 is 1.00 bits per heavy atom. The van der Waals surface area contributed by atoms with Gasteiger partial charge in [0.05, 0.1) is 0 Å². The summed E-state index contributed by atoms with van der Waals surface area (Å²) in [6.07, 6.45) is -4.12. The van der Waals surface area contributed by atoms with Gasteiger partial charge in [0, 0.05) is 18.5 Å². The molecular formula is C19H21F3N2O2S. The molecule has 0 spiro atoms. The van der Waals surface area contributed by atoms with Crippen molar-refractivity contribution in [1.29, 1.82) is 0 Å². The lowest BCUT2D eigenvalue weighted by Crippen LogP contribution is -2.51. The van der Waals surface area contributed by atoms with E-state index in [0.29, 0.717) is 19.5 Å². The molecule has 0 saturated carbocycles. The van der Waals surface area contributed by atoms with E-state index in [0.717, 1.165) is 16.7 Å². The summed E-state index contributed by atoms with van der Waals surface area (Å²) in [6.45, 7) is 0.977. The maximum absolute atomic E-state index is 12.5. The third kappa shape index (κ3) is 5.54. The van der Waals surface area contributed by atoms with Gasteiger partial charge in [-0.1, -0.05) is 54.6 Å². The molecule has 0 unspecified atom stereocenters. The van der Waals surface area contributed by atoms with E-state index in [9.17, 15) is 21.6 Å². The van der Waals surface area contributed by atoms with Gasteiger partial charge in [-0.3, -0.25) is 0 Å². The third-order valence-corrected chi connectivity index (χ3v) is 5.98. The quantitative estimate of drug-likeness (QED) is 0.813. The molecule has 1 saturated heterocycles. The van der Waals surface area contributed by atoms with Crippen LogP contribution in [0.1, 0.15) is 17.9 Å². The zero-order valence-electron chi connectivity index (χ0n) is 14.5. The average molecular weight is 398 g/mol. The van der Waals surface area contributed by atoms with Crippen LogP contribution in [0.3, 0.4) is 0 Å². The number of hydrogen-bond donors (Lipinski definition) is 2. The van der Waals surface area contributed by atoms with E-state index in [4.69, 9.17) is 0 Å². The lowest BCUT2D eigenvalue weighted by atomic mass is 9.86. The Labute approximate surface area is 156 Å². The fourth-order valence-electron chi connectivity index (χ4n) is 3.42. The molecule has 2 atom stereocenters. The molecule has 0 radical (unpaired) electrons. The van der Waals surface area contributed by atoms with Crippen molar-refractivity contribution in [3.05, 3.63) is 60.2 Å². The summed E-state index contributed by atoms with van der Waals surface area (Å²) >= 11 is 0. The summed E-state index contributed by atoms with van der Waals surface area (Å²) in [4.78, 5) is 0. The molecule has 3 rings (SSSR count). The van der Waals surface area contributed by atoms with Crippen molar-refractivity contribution in [2.24, 2.45) is 0 Å². The van der Waals surface area contributed by atoms with Gasteiger partial charge in [-0.05, 0) is 29.7 Å². The van der Waals surface area contributed by atoms with Gasteiger partial charge >= 0.3 is 6.18 Å². The molecule has 0 aliphatic carbocycles. The molecule has 1 aliphatic heterocycles. The Hall–Kier alpha value is -1.90. The highest BCUT2D eigenvalue weighted by Crippen LogP contribution is 2.29. The first-order valence-electron chi connectivity index (χ1n) is 8.66. The van der Waals surface area contributed by atoms with E-state index in [1.165, 1.54) is 0 Å². The van der Waals surface area contributed by atoms with Crippen LogP contribution in [0.25, 0.3) is 11.1 Å². The summed E-state index contributed by atoms with van der Waals surface area (Å²) in [6, 6.07) is 16.9. The van der Waals surface area contributed by atoms with Crippen LogP contribution in [0.4, 0.5) is 13.2 Å². The van der Waals surface area contributed by atoms with Gasteiger partial charge in [0.1, 0.15) is 0 Å². The van der Waals surface area contributed by atoms with Crippen molar-refractivity contribution < 1.29 is 21.6 Å². The van der Waals surface area contributed by atoms with Gasteiger partial charge in [-0.2, -0.15) is 13.2 Å². The second-order valence-corrected chi connectivity index (χ2v) is 8.44. The predicted octanol–water partition coefficient (Wildman–Crippen LogP) is 3.28. The van der Waals surface area contributed by atoms with E-state index >= 15 is 0 Å². The molecular weight excluding hydrogens is 377 g/mol. The topological polar surface area (TPSA) is 58.2 Å². The smallest absolute Gasteiger partial charge is 0.315 e. The van der Waals surface area contributed by atoms with Gasteiger partial charge in [-0.15, -0.1) is 0 Å². The molecule has 2 aromatic carbocycles. The number of hydrogen-bond acceptors (Lipinski definition) is 3. The third-order valence-electron chi connectivity index (χ3n) is 4.61. The lowest BCUT2D eigenvalue weighted by molar-refractivity contribution is -0.106. The van der Waals surface area contributed by atoms with Crippen LogP contribution in [-0.4, -0.2) is 39.5 Å². The maximum atomic E-state index is 12.5. The highest BCUT2D eigenvalue weighted by Gasteiger charge is 2.38. The fourth-order valence-corrected chi connectivity index (χ4v) is 4.65. The molecule has 1 heterocycles. The lowest BCUT2D eigenvalue weighted by Gasteiger charge is -2.33. The van der Waals surface area contributed by atoms with Crippen LogP contribution >= 0.6 is 0 Å². The minimum atomic E-state index is -4.76.